The number of esters is 1. The molecular formula is C15H16N2O4. The van der Waals surface area contributed by atoms with Gasteiger partial charge in [0, 0.05) is 24.5 Å². The molecule has 21 heavy (non-hydrogen) atoms. The van der Waals surface area contributed by atoms with Crippen LogP contribution in [0.25, 0.3) is 10.8 Å². The lowest BCUT2D eigenvalue weighted by Crippen LogP contribution is -2.08. The van der Waals surface area contributed by atoms with E-state index < -0.39 is 5.97 Å². The highest BCUT2D eigenvalue weighted by Crippen LogP contribution is 2.22. The van der Waals surface area contributed by atoms with Crippen LogP contribution in [-0.4, -0.2) is 35.7 Å². The van der Waals surface area contributed by atoms with Crippen molar-refractivity contribution in [2.75, 3.05) is 19.0 Å². The summed E-state index contributed by atoms with van der Waals surface area (Å²) in [7, 11) is 1.36. The lowest BCUT2D eigenvalue weighted by molar-refractivity contribution is -0.140. The van der Waals surface area contributed by atoms with Gasteiger partial charge in [-0.3, -0.25) is 4.79 Å². The molecule has 6 heteroatoms. The second-order valence-electron chi connectivity index (χ2n) is 4.51. The van der Waals surface area contributed by atoms with Crippen molar-refractivity contribution in [2.24, 2.45) is 0 Å². The SMILES string of the molecule is COC(=O)CCCNc1nccc2ccc(C(=O)O)cc12. The maximum absolute atomic E-state index is 11.0. The number of benzene rings is 1. The van der Waals surface area contributed by atoms with Crippen molar-refractivity contribution in [3.63, 3.8) is 0 Å². The second-order valence-corrected chi connectivity index (χ2v) is 4.51. The summed E-state index contributed by atoms with van der Waals surface area (Å²) in [6, 6.07) is 6.72. The first-order chi connectivity index (χ1) is 10.1. The summed E-state index contributed by atoms with van der Waals surface area (Å²) in [5, 5.41) is 13.8. The van der Waals surface area contributed by atoms with Gasteiger partial charge in [0.25, 0.3) is 0 Å². The number of aromatic nitrogens is 1. The minimum atomic E-state index is -0.975. The van der Waals surface area contributed by atoms with Crippen LogP contribution in [0.2, 0.25) is 0 Å². The lowest BCUT2D eigenvalue weighted by Gasteiger charge is -2.09. The number of carbonyl (C=O) groups is 2. The first kappa shape index (κ1) is 14.8. The number of nitrogens with one attached hydrogen (secondary N) is 1. The molecule has 2 N–H and O–H groups in total. The van der Waals surface area contributed by atoms with Gasteiger partial charge in [0.2, 0.25) is 0 Å². The number of hydrogen-bond donors (Lipinski definition) is 2. The van der Waals surface area contributed by atoms with Crippen LogP contribution in [0.3, 0.4) is 0 Å². The summed E-state index contributed by atoms with van der Waals surface area (Å²) >= 11 is 0. The van der Waals surface area contributed by atoms with E-state index in [1.54, 1.807) is 24.4 Å². The van der Waals surface area contributed by atoms with Crippen LogP contribution in [0.4, 0.5) is 5.82 Å². The molecule has 1 aromatic carbocycles. The van der Waals surface area contributed by atoms with Gasteiger partial charge >= 0.3 is 11.9 Å². The number of hydrogen-bond acceptors (Lipinski definition) is 5. The van der Waals surface area contributed by atoms with E-state index in [9.17, 15) is 9.59 Å². The van der Waals surface area contributed by atoms with Crippen LogP contribution in [-0.2, 0) is 9.53 Å². The van der Waals surface area contributed by atoms with E-state index in [0.717, 1.165) is 10.8 Å². The number of carboxylic acid groups (broad SMARTS) is 1. The molecular weight excluding hydrogens is 272 g/mol. The number of carbonyl (C=O) groups excluding carboxylic acids is 1. The van der Waals surface area contributed by atoms with Crippen LogP contribution in [0.1, 0.15) is 23.2 Å². The number of methoxy groups -OCH3 is 1. The van der Waals surface area contributed by atoms with Crippen molar-refractivity contribution in [1.29, 1.82) is 0 Å². The molecule has 1 heterocycles. The van der Waals surface area contributed by atoms with E-state index >= 15 is 0 Å². The molecule has 0 amide bonds. The molecule has 0 saturated carbocycles. The Balaban J connectivity index is 2.13. The highest BCUT2D eigenvalue weighted by Gasteiger charge is 2.07. The van der Waals surface area contributed by atoms with Gasteiger partial charge in [-0.1, -0.05) is 6.07 Å². The smallest absolute Gasteiger partial charge is 0.335 e. The van der Waals surface area contributed by atoms with Crippen molar-refractivity contribution in [3.05, 3.63) is 36.0 Å². The summed E-state index contributed by atoms with van der Waals surface area (Å²) in [6.45, 7) is 0.554. The quantitative estimate of drug-likeness (QED) is 0.626. The second kappa shape index (κ2) is 6.69. The number of ether oxygens (including phenoxy) is 1. The molecule has 110 valence electrons. The molecule has 0 aliphatic heterocycles. The Kier molecular flexibility index (Phi) is 4.71. The molecule has 0 unspecified atom stereocenters. The fourth-order valence-electron chi connectivity index (χ4n) is 1.98. The van der Waals surface area contributed by atoms with Gasteiger partial charge in [-0.05, 0) is 30.0 Å². The van der Waals surface area contributed by atoms with E-state index in [1.807, 2.05) is 6.07 Å². The van der Waals surface area contributed by atoms with Crippen LogP contribution in [0.15, 0.2) is 30.5 Å². The molecule has 0 aliphatic rings. The summed E-state index contributed by atoms with van der Waals surface area (Å²) in [5.74, 6) is -0.617. The summed E-state index contributed by atoms with van der Waals surface area (Å²) in [6.07, 6.45) is 2.60. The average molecular weight is 288 g/mol. The molecule has 0 bridgehead atoms. The maximum atomic E-state index is 11.0. The van der Waals surface area contributed by atoms with Crippen molar-refractivity contribution in [2.45, 2.75) is 12.8 Å². The molecule has 2 aromatic rings. The largest absolute Gasteiger partial charge is 0.478 e. The third kappa shape index (κ3) is 3.68. The van der Waals surface area contributed by atoms with Crippen LogP contribution >= 0.6 is 0 Å². The number of nitrogens with zero attached hydrogens (tertiary/aromatic N) is 1. The highest BCUT2D eigenvalue weighted by atomic mass is 16.5. The monoisotopic (exact) mass is 288 g/mol. The number of anilines is 1. The molecule has 0 atom stereocenters. The molecule has 0 fully saturated rings. The maximum Gasteiger partial charge on any atom is 0.335 e. The van der Waals surface area contributed by atoms with Crippen LogP contribution in [0, 0.1) is 0 Å². The molecule has 0 aliphatic carbocycles. The number of aromatic carboxylic acids is 1. The summed E-state index contributed by atoms with van der Waals surface area (Å²) in [4.78, 5) is 26.3. The molecule has 0 spiro atoms. The summed E-state index contributed by atoms with van der Waals surface area (Å²) < 4.78 is 4.57. The lowest BCUT2D eigenvalue weighted by atomic mass is 10.1. The topological polar surface area (TPSA) is 88.5 Å². The molecule has 2 rings (SSSR count). The Labute approximate surface area is 121 Å². The normalized spacial score (nSPS) is 10.3. The Morgan fingerprint density at radius 2 is 2.14 bits per heavy atom. The van der Waals surface area contributed by atoms with E-state index in [0.29, 0.717) is 25.2 Å². The molecule has 6 nitrogen and oxygen atoms in total. The Bertz CT molecular complexity index is 670. The number of carboxylic acids is 1. The fourth-order valence-corrected chi connectivity index (χ4v) is 1.98. The van der Waals surface area contributed by atoms with Gasteiger partial charge in [0.1, 0.15) is 5.82 Å². The minimum absolute atomic E-state index is 0.216. The van der Waals surface area contributed by atoms with E-state index in [1.165, 1.54) is 7.11 Å². The van der Waals surface area contributed by atoms with E-state index in [-0.39, 0.29) is 11.5 Å². The highest BCUT2D eigenvalue weighted by molar-refractivity contribution is 5.98. The zero-order valence-electron chi connectivity index (χ0n) is 11.6. The third-order valence-corrected chi connectivity index (χ3v) is 3.09. The van der Waals surface area contributed by atoms with Crippen LogP contribution in [0.5, 0.6) is 0 Å². The Morgan fingerprint density at radius 3 is 2.86 bits per heavy atom. The molecule has 1 aromatic heterocycles. The van der Waals surface area contributed by atoms with Gasteiger partial charge in [-0.25, -0.2) is 9.78 Å². The van der Waals surface area contributed by atoms with Crippen molar-refractivity contribution in [1.82, 2.24) is 4.98 Å². The first-order valence-corrected chi connectivity index (χ1v) is 6.54. The minimum Gasteiger partial charge on any atom is -0.478 e. The van der Waals surface area contributed by atoms with Crippen molar-refractivity contribution in [3.8, 4) is 0 Å². The van der Waals surface area contributed by atoms with Gasteiger partial charge in [0.15, 0.2) is 0 Å². The van der Waals surface area contributed by atoms with Gasteiger partial charge in [0.05, 0.1) is 12.7 Å². The van der Waals surface area contributed by atoms with E-state index in [4.69, 9.17) is 5.11 Å². The average Bonchev–Trinajstić information content (AvgIpc) is 2.50. The zero-order valence-corrected chi connectivity index (χ0v) is 11.6. The Hall–Kier alpha value is -2.63. The predicted molar refractivity (Wildman–Crippen MR) is 78.4 cm³/mol. The van der Waals surface area contributed by atoms with Crippen LogP contribution < -0.4 is 5.32 Å². The summed E-state index contributed by atoms with van der Waals surface area (Å²) in [5.41, 5.74) is 0.216. The Morgan fingerprint density at radius 1 is 1.33 bits per heavy atom. The van der Waals surface area contributed by atoms with Gasteiger partial charge < -0.3 is 15.2 Å². The standard InChI is InChI=1S/C15H16N2O4/c1-21-13(18)3-2-7-16-14-12-9-11(15(19)20)5-4-10(12)6-8-17-14/h4-6,8-9H,2-3,7H2,1H3,(H,16,17)(H,19,20). The van der Waals surface area contributed by atoms with E-state index in [2.05, 4.69) is 15.0 Å². The molecule has 0 saturated heterocycles. The first-order valence-electron chi connectivity index (χ1n) is 6.54. The molecule has 0 radical (unpaired) electrons. The van der Waals surface area contributed by atoms with Gasteiger partial charge in [-0.15, -0.1) is 0 Å². The zero-order chi connectivity index (χ0) is 15.2. The third-order valence-electron chi connectivity index (χ3n) is 3.09. The fraction of sp³-hybridized carbons (Fsp3) is 0.267. The number of fused-ring (bicyclic) bond motifs is 1. The van der Waals surface area contributed by atoms with Crippen molar-refractivity contribution >= 4 is 28.5 Å². The van der Waals surface area contributed by atoms with Crippen molar-refractivity contribution < 1.29 is 19.4 Å². The number of pyridine rings is 1. The predicted octanol–water partition coefficient (Wildman–Crippen LogP) is 2.30. The number of rotatable bonds is 6. The van der Waals surface area contributed by atoms with Gasteiger partial charge in [-0.2, -0.15) is 0 Å².